The molecule has 0 radical (unpaired) electrons. The third-order valence-corrected chi connectivity index (χ3v) is 7.42. The molecule has 7 nitrogen and oxygen atoms in total. The highest BCUT2D eigenvalue weighted by Crippen LogP contribution is 2.29. The third-order valence-electron chi connectivity index (χ3n) is 5.51. The van der Waals surface area contributed by atoms with Crippen LogP contribution in [0.4, 0.5) is 5.69 Å². The topological polar surface area (TPSA) is 67.7 Å². The van der Waals surface area contributed by atoms with Crippen molar-refractivity contribution in [1.82, 2.24) is 14.1 Å². The van der Waals surface area contributed by atoms with Gasteiger partial charge in [0, 0.05) is 26.2 Å². The van der Waals surface area contributed by atoms with Crippen LogP contribution in [0.2, 0.25) is 0 Å². The molecule has 2 aromatic carbocycles. The number of nitrogens with zero attached hydrogens (tertiary/aromatic N) is 4. The second kappa shape index (κ2) is 8.12. The van der Waals surface area contributed by atoms with E-state index in [4.69, 9.17) is 9.84 Å². The molecule has 0 atom stereocenters. The number of aryl methyl sites for hydroxylation is 1. The molecule has 0 bridgehead atoms. The number of hydrogen-bond acceptors (Lipinski definition) is 5. The number of ether oxygens (including phenoxy) is 1. The van der Waals surface area contributed by atoms with Crippen molar-refractivity contribution in [1.29, 1.82) is 0 Å². The number of piperazine rings is 1. The van der Waals surface area contributed by atoms with Gasteiger partial charge < -0.3 is 9.64 Å². The number of methoxy groups -OCH3 is 1. The molecule has 0 amide bonds. The van der Waals surface area contributed by atoms with E-state index in [1.165, 1.54) is 0 Å². The lowest BCUT2D eigenvalue weighted by atomic mass is 10.2. The van der Waals surface area contributed by atoms with Crippen molar-refractivity contribution in [2.75, 3.05) is 38.2 Å². The average molecular weight is 427 g/mol. The van der Waals surface area contributed by atoms with Gasteiger partial charge in [-0.05, 0) is 50.2 Å². The van der Waals surface area contributed by atoms with Gasteiger partial charge in [-0.25, -0.2) is 13.1 Å². The lowest BCUT2D eigenvalue weighted by Gasteiger charge is -2.35. The Morgan fingerprint density at radius 3 is 2.13 bits per heavy atom. The maximum absolute atomic E-state index is 13.0. The summed E-state index contributed by atoms with van der Waals surface area (Å²) in [5, 5.41) is 4.72. The molecule has 30 heavy (non-hydrogen) atoms. The van der Waals surface area contributed by atoms with Crippen LogP contribution in [0.5, 0.6) is 5.75 Å². The van der Waals surface area contributed by atoms with Crippen LogP contribution >= 0.6 is 0 Å². The van der Waals surface area contributed by atoms with Crippen LogP contribution in [-0.2, 0) is 10.0 Å². The first-order valence-electron chi connectivity index (χ1n) is 9.92. The van der Waals surface area contributed by atoms with Crippen LogP contribution < -0.4 is 9.64 Å². The summed E-state index contributed by atoms with van der Waals surface area (Å²) in [5.41, 5.74) is 4.11. The molecule has 0 aliphatic carbocycles. The van der Waals surface area contributed by atoms with E-state index < -0.39 is 10.0 Å². The van der Waals surface area contributed by atoms with E-state index in [9.17, 15) is 8.42 Å². The molecule has 8 heteroatoms. The van der Waals surface area contributed by atoms with E-state index in [1.807, 2.05) is 41.9 Å². The second-order valence-corrected chi connectivity index (χ2v) is 9.27. The number of rotatable bonds is 5. The van der Waals surface area contributed by atoms with Crippen LogP contribution in [-0.4, -0.2) is 55.8 Å². The Morgan fingerprint density at radius 1 is 0.900 bits per heavy atom. The minimum absolute atomic E-state index is 0.293. The van der Waals surface area contributed by atoms with E-state index in [0.29, 0.717) is 36.8 Å². The van der Waals surface area contributed by atoms with Gasteiger partial charge in [0.2, 0.25) is 10.0 Å². The van der Waals surface area contributed by atoms with Gasteiger partial charge in [-0.15, -0.1) is 0 Å². The second-order valence-electron chi connectivity index (χ2n) is 7.33. The first kappa shape index (κ1) is 20.4. The summed E-state index contributed by atoms with van der Waals surface area (Å²) in [5.74, 6) is 0.639. The predicted octanol–water partition coefficient (Wildman–Crippen LogP) is 3.01. The summed E-state index contributed by atoms with van der Waals surface area (Å²) in [4.78, 5) is 2.53. The fourth-order valence-corrected chi connectivity index (χ4v) is 5.38. The molecule has 0 unspecified atom stereocenters. The summed E-state index contributed by atoms with van der Waals surface area (Å²) in [6, 6.07) is 16.6. The monoisotopic (exact) mass is 426 g/mol. The smallest absolute Gasteiger partial charge is 0.243 e. The highest BCUT2D eigenvalue weighted by atomic mass is 32.2. The Balaban J connectivity index is 1.52. The number of aromatic nitrogens is 2. The van der Waals surface area contributed by atoms with E-state index in [1.54, 1.807) is 35.7 Å². The van der Waals surface area contributed by atoms with Crippen molar-refractivity contribution in [3.63, 3.8) is 0 Å². The molecule has 2 heterocycles. The predicted molar refractivity (Wildman–Crippen MR) is 117 cm³/mol. The highest BCUT2D eigenvalue weighted by molar-refractivity contribution is 7.89. The van der Waals surface area contributed by atoms with Gasteiger partial charge in [0.1, 0.15) is 5.75 Å². The summed E-state index contributed by atoms with van der Waals surface area (Å²) < 4.78 is 34.6. The summed E-state index contributed by atoms with van der Waals surface area (Å²) >= 11 is 0. The summed E-state index contributed by atoms with van der Waals surface area (Å²) in [6.07, 6.45) is 0. The molecule has 1 aromatic heterocycles. The molecule has 0 N–H and O–H groups in total. The molecule has 1 aliphatic rings. The van der Waals surface area contributed by atoms with Crippen LogP contribution in [0.15, 0.2) is 59.5 Å². The van der Waals surface area contributed by atoms with Crippen LogP contribution in [0, 0.1) is 13.8 Å². The third kappa shape index (κ3) is 3.68. The number of sulfonamides is 1. The molecule has 158 valence electrons. The van der Waals surface area contributed by atoms with Crippen molar-refractivity contribution in [3.05, 3.63) is 66.0 Å². The van der Waals surface area contributed by atoms with Gasteiger partial charge in [-0.2, -0.15) is 9.40 Å². The normalized spacial score (nSPS) is 15.4. The Kier molecular flexibility index (Phi) is 5.53. The van der Waals surface area contributed by atoms with E-state index in [0.717, 1.165) is 22.8 Å². The number of benzene rings is 2. The maximum atomic E-state index is 13.0. The highest BCUT2D eigenvalue weighted by Gasteiger charge is 2.30. The fourth-order valence-electron chi connectivity index (χ4n) is 3.96. The van der Waals surface area contributed by atoms with Gasteiger partial charge >= 0.3 is 0 Å². The SMILES string of the molecule is COc1ccc(S(=O)(=O)N2CCN(c3c(C)nn(-c4ccccc4)c3C)CC2)cc1. The van der Waals surface area contributed by atoms with Crippen molar-refractivity contribution in [2.45, 2.75) is 18.7 Å². The first-order chi connectivity index (χ1) is 14.4. The fraction of sp³-hybridized carbons (Fsp3) is 0.318. The molecule has 0 spiro atoms. The van der Waals surface area contributed by atoms with Crippen LogP contribution in [0.1, 0.15) is 11.4 Å². The average Bonchev–Trinajstić information content (AvgIpc) is 3.08. The summed E-state index contributed by atoms with van der Waals surface area (Å²) in [6.45, 7) is 6.17. The minimum Gasteiger partial charge on any atom is -0.497 e. The Morgan fingerprint density at radius 2 is 1.53 bits per heavy atom. The summed E-state index contributed by atoms with van der Waals surface area (Å²) in [7, 11) is -1.96. The standard InChI is InChI=1S/C22H26N4O3S/c1-17-22(18(2)26(23-17)19-7-5-4-6-8-19)24-13-15-25(16-14-24)30(27,28)21-11-9-20(29-3)10-12-21/h4-12H,13-16H2,1-3H3. The molecule has 1 fully saturated rings. The molecule has 0 saturated carbocycles. The van der Waals surface area contributed by atoms with Gasteiger partial charge in [0.05, 0.1) is 34.8 Å². The van der Waals surface area contributed by atoms with Crippen molar-refractivity contribution in [2.24, 2.45) is 0 Å². The molecule has 1 saturated heterocycles. The number of anilines is 1. The van der Waals surface area contributed by atoms with Crippen molar-refractivity contribution >= 4 is 15.7 Å². The van der Waals surface area contributed by atoms with E-state index >= 15 is 0 Å². The van der Waals surface area contributed by atoms with Crippen molar-refractivity contribution < 1.29 is 13.2 Å². The lowest BCUT2D eigenvalue weighted by Crippen LogP contribution is -2.49. The first-order valence-corrected chi connectivity index (χ1v) is 11.4. The number of para-hydroxylation sites is 1. The van der Waals surface area contributed by atoms with Gasteiger partial charge in [0.25, 0.3) is 0 Å². The Labute approximate surface area is 177 Å². The quantitative estimate of drug-likeness (QED) is 0.627. The Hall–Kier alpha value is -2.84. The number of hydrogen-bond donors (Lipinski definition) is 0. The molecule has 3 aromatic rings. The molecule has 1 aliphatic heterocycles. The van der Waals surface area contributed by atoms with Gasteiger partial charge in [0.15, 0.2) is 0 Å². The van der Waals surface area contributed by atoms with Gasteiger partial charge in [-0.3, -0.25) is 0 Å². The van der Waals surface area contributed by atoms with E-state index in [-0.39, 0.29) is 0 Å². The molecular formula is C22H26N4O3S. The van der Waals surface area contributed by atoms with E-state index in [2.05, 4.69) is 11.8 Å². The zero-order chi connectivity index (χ0) is 21.3. The lowest BCUT2D eigenvalue weighted by molar-refractivity contribution is 0.384. The zero-order valence-electron chi connectivity index (χ0n) is 17.4. The van der Waals surface area contributed by atoms with Gasteiger partial charge in [-0.1, -0.05) is 18.2 Å². The minimum atomic E-state index is -3.52. The van der Waals surface area contributed by atoms with Crippen LogP contribution in [0.3, 0.4) is 0 Å². The van der Waals surface area contributed by atoms with Crippen LogP contribution in [0.25, 0.3) is 5.69 Å². The molecular weight excluding hydrogens is 400 g/mol. The largest absolute Gasteiger partial charge is 0.497 e. The maximum Gasteiger partial charge on any atom is 0.243 e. The zero-order valence-corrected chi connectivity index (χ0v) is 18.3. The van der Waals surface area contributed by atoms with Crippen molar-refractivity contribution in [3.8, 4) is 11.4 Å². The molecule has 4 rings (SSSR count). The Bertz CT molecular complexity index is 1120.